The SMILES string of the molecule is CC(C)(C)C(=O)NC(CCCCN)C(=O)c1noc(Cc2ccc(C(=O)NCCc3cccs3)cc2)n1. The molecule has 9 nitrogen and oxygen atoms in total. The second kappa shape index (κ2) is 13.3. The molecule has 37 heavy (non-hydrogen) atoms. The Morgan fingerprint density at radius 3 is 2.51 bits per heavy atom. The van der Waals surface area contributed by atoms with Crippen LogP contribution in [0.3, 0.4) is 0 Å². The van der Waals surface area contributed by atoms with Gasteiger partial charge in [0, 0.05) is 22.4 Å². The Balaban J connectivity index is 1.58. The van der Waals surface area contributed by atoms with Crippen molar-refractivity contribution in [2.45, 2.75) is 58.9 Å². The predicted molar refractivity (Wildman–Crippen MR) is 143 cm³/mol. The summed E-state index contributed by atoms with van der Waals surface area (Å²) in [6, 6.07) is 10.4. The van der Waals surface area contributed by atoms with Crippen molar-refractivity contribution < 1.29 is 18.9 Å². The summed E-state index contributed by atoms with van der Waals surface area (Å²) in [4.78, 5) is 43.5. The number of ketones is 1. The van der Waals surface area contributed by atoms with Crippen molar-refractivity contribution in [2.75, 3.05) is 13.1 Å². The lowest BCUT2D eigenvalue weighted by Gasteiger charge is -2.22. The summed E-state index contributed by atoms with van der Waals surface area (Å²) in [5.41, 5.74) is 6.36. The van der Waals surface area contributed by atoms with Crippen molar-refractivity contribution in [3.05, 3.63) is 69.5 Å². The fourth-order valence-corrected chi connectivity index (χ4v) is 4.23. The number of carbonyl (C=O) groups is 3. The van der Waals surface area contributed by atoms with E-state index in [1.54, 1.807) is 44.2 Å². The summed E-state index contributed by atoms with van der Waals surface area (Å²) < 4.78 is 5.31. The molecule has 1 unspecified atom stereocenters. The van der Waals surface area contributed by atoms with E-state index >= 15 is 0 Å². The molecule has 198 valence electrons. The van der Waals surface area contributed by atoms with Gasteiger partial charge in [-0.05, 0) is 61.4 Å². The summed E-state index contributed by atoms with van der Waals surface area (Å²) in [6.07, 6.45) is 2.99. The second-order valence-corrected chi connectivity index (χ2v) is 10.9. The zero-order valence-corrected chi connectivity index (χ0v) is 22.4. The van der Waals surface area contributed by atoms with E-state index in [4.69, 9.17) is 10.3 Å². The van der Waals surface area contributed by atoms with Crippen LogP contribution in [0.5, 0.6) is 0 Å². The van der Waals surface area contributed by atoms with Crippen LogP contribution in [-0.2, 0) is 17.6 Å². The van der Waals surface area contributed by atoms with E-state index < -0.39 is 11.5 Å². The van der Waals surface area contributed by atoms with Gasteiger partial charge in [0.2, 0.25) is 23.4 Å². The van der Waals surface area contributed by atoms with E-state index in [2.05, 4.69) is 20.8 Å². The molecule has 2 heterocycles. The van der Waals surface area contributed by atoms with Crippen molar-refractivity contribution in [3.8, 4) is 0 Å². The highest BCUT2D eigenvalue weighted by atomic mass is 32.1. The molecule has 0 saturated heterocycles. The van der Waals surface area contributed by atoms with Gasteiger partial charge in [0.25, 0.3) is 5.91 Å². The molecule has 0 saturated carbocycles. The summed E-state index contributed by atoms with van der Waals surface area (Å²) in [5.74, 6) is -0.535. The number of carbonyl (C=O) groups excluding carboxylic acids is 3. The normalized spacial score (nSPS) is 12.2. The lowest BCUT2D eigenvalue weighted by Crippen LogP contribution is -2.46. The highest BCUT2D eigenvalue weighted by molar-refractivity contribution is 7.09. The fourth-order valence-electron chi connectivity index (χ4n) is 3.52. The number of nitrogens with zero attached hydrogens (tertiary/aromatic N) is 2. The van der Waals surface area contributed by atoms with E-state index in [1.165, 1.54) is 4.88 Å². The Morgan fingerprint density at radius 1 is 1.11 bits per heavy atom. The summed E-state index contributed by atoms with van der Waals surface area (Å²) in [5, 5.41) is 11.6. The number of benzene rings is 1. The molecule has 4 N–H and O–H groups in total. The first kappa shape index (κ1) is 28.2. The van der Waals surface area contributed by atoms with Crippen LogP contribution in [0.4, 0.5) is 0 Å². The van der Waals surface area contributed by atoms with Crippen LogP contribution in [0.2, 0.25) is 0 Å². The first-order chi connectivity index (χ1) is 17.7. The van der Waals surface area contributed by atoms with Crippen LogP contribution in [0, 0.1) is 5.41 Å². The molecule has 1 aromatic carbocycles. The number of hydrogen-bond acceptors (Lipinski definition) is 8. The maximum atomic E-state index is 13.1. The molecule has 0 aliphatic heterocycles. The number of Topliss-reactive ketones (excluding diaryl/α,β-unsaturated/α-hetero) is 1. The van der Waals surface area contributed by atoms with Crippen LogP contribution >= 0.6 is 11.3 Å². The quantitative estimate of drug-likeness (QED) is 0.229. The number of thiophene rings is 1. The van der Waals surface area contributed by atoms with Crippen molar-refractivity contribution >= 4 is 28.9 Å². The highest BCUT2D eigenvalue weighted by Gasteiger charge is 2.30. The lowest BCUT2D eigenvalue weighted by molar-refractivity contribution is -0.129. The van der Waals surface area contributed by atoms with E-state index in [-0.39, 0.29) is 29.3 Å². The smallest absolute Gasteiger partial charge is 0.251 e. The van der Waals surface area contributed by atoms with Gasteiger partial charge in [0.05, 0.1) is 12.5 Å². The van der Waals surface area contributed by atoms with Gasteiger partial charge in [-0.3, -0.25) is 14.4 Å². The van der Waals surface area contributed by atoms with Crippen LogP contribution < -0.4 is 16.4 Å². The Labute approximate surface area is 221 Å². The van der Waals surface area contributed by atoms with Gasteiger partial charge in [-0.15, -0.1) is 11.3 Å². The van der Waals surface area contributed by atoms with Crippen molar-refractivity contribution in [1.82, 2.24) is 20.8 Å². The van der Waals surface area contributed by atoms with E-state index in [0.29, 0.717) is 37.9 Å². The number of rotatable bonds is 13. The molecule has 0 fully saturated rings. The topological polar surface area (TPSA) is 140 Å². The summed E-state index contributed by atoms with van der Waals surface area (Å²) in [7, 11) is 0. The zero-order valence-electron chi connectivity index (χ0n) is 21.6. The third-order valence-corrected chi connectivity index (χ3v) is 6.68. The van der Waals surface area contributed by atoms with Gasteiger partial charge in [0.15, 0.2) is 0 Å². The molecule has 10 heteroatoms. The zero-order chi connectivity index (χ0) is 26.8. The van der Waals surface area contributed by atoms with Gasteiger partial charge in [-0.2, -0.15) is 4.98 Å². The van der Waals surface area contributed by atoms with Gasteiger partial charge >= 0.3 is 0 Å². The molecule has 0 spiro atoms. The summed E-state index contributed by atoms with van der Waals surface area (Å²) >= 11 is 1.67. The molecule has 0 radical (unpaired) electrons. The number of hydrogen-bond donors (Lipinski definition) is 3. The Morgan fingerprint density at radius 2 is 1.86 bits per heavy atom. The molecule has 0 aliphatic carbocycles. The van der Waals surface area contributed by atoms with Crippen LogP contribution in [0.15, 0.2) is 46.3 Å². The van der Waals surface area contributed by atoms with Gasteiger partial charge in [-0.1, -0.05) is 44.1 Å². The number of nitrogens with two attached hydrogens (primary N) is 1. The van der Waals surface area contributed by atoms with Crippen molar-refractivity contribution in [2.24, 2.45) is 11.1 Å². The summed E-state index contributed by atoms with van der Waals surface area (Å²) in [6.45, 7) is 6.45. The first-order valence-corrected chi connectivity index (χ1v) is 13.3. The van der Waals surface area contributed by atoms with Crippen LogP contribution in [-0.4, -0.2) is 46.9 Å². The Hall–Kier alpha value is -3.37. The molecule has 2 amide bonds. The number of amides is 2. The Bertz CT molecular complexity index is 1170. The average Bonchev–Trinajstić information content (AvgIpc) is 3.55. The lowest BCUT2D eigenvalue weighted by atomic mass is 9.94. The molecule has 3 aromatic rings. The van der Waals surface area contributed by atoms with E-state index in [0.717, 1.165) is 18.4 Å². The molecule has 3 rings (SSSR count). The van der Waals surface area contributed by atoms with Gasteiger partial charge in [-0.25, -0.2) is 0 Å². The van der Waals surface area contributed by atoms with Gasteiger partial charge in [0.1, 0.15) is 0 Å². The minimum atomic E-state index is -0.749. The minimum absolute atomic E-state index is 0.0660. The van der Waals surface area contributed by atoms with E-state index in [1.807, 2.05) is 29.6 Å². The molecule has 0 bridgehead atoms. The predicted octanol–water partition coefficient (Wildman–Crippen LogP) is 3.54. The fraction of sp³-hybridized carbons (Fsp3) is 0.444. The van der Waals surface area contributed by atoms with Crippen LogP contribution in [0.1, 0.15) is 77.3 Å². The standard InChI is InChI=1S/C27H35N5O4S/c1-27(2,3)26(35)30-21(8-4-5-14-28)23(33)24-31-22(36-32-24)17-18-9-11-19(12-10-18)25(34)29-15-13-20-7-6-16-37-20/h6-7,9-12,16,21H,4-5,8,13-15,17,28H2,1-3H3,(H,29,34)(H,30,35). The molecule has 1 atom stereocenters. The maximum absolute atomic E-state index is 13.1. The van der Waals surface area contributed by atoms with Crippen molar-refractivity contribution in [3.63, 3.8) is 0 Å². The molecular formula is C27H35N5O4S. The minimum Gasteiger partial charge on any atom is -0.352 e. The molecular weight excluding hydrogens is 490 g/mol. The third kappa shape index (κ3) is 8.61. The maximum Gasteiger partial charge on any atom is 0.251 e. The monoisotopic (exact) mass is 525 g/mol. The largest absolute Gasteiger partial charge is 0.352 e. The second-order valence-electron chi connectivity index (χ2n) is 9.90. The number of aromatic nitrogens is 2. The molecule has 2 aromatic heterocycles. The van der Waals surface area contributed by atoms with Crippen molar-refractivity contribution in [1.29, 1.82) is 0 Å². The average molecular weight is 526 g/mol. The molecule has 0 aliphatic rings. The van der Waals surface area contributed by atoms with E-state index in [9.17, 15) is 14.4 Å². The third-order valence-electron chi connectivity index (χ3n) is 5.75. The Kier molecular flexibility index (Phi) is 10.1. The van der Waals surface area contributed by atoms with Gasteiger partial charge < -0.3 is 20.9 Å². The van der Waals surface area contributed by atoms with Crippen LogP contribution in [0.25, 0.3) is 0 Å². The number of nitrogens with one attached hydrogen (secondary N) is 2. The highest BCUT2D eigenvalue weighted by Crippen LogP contribution is 2.16. The number of unbranched alkanes of at least 4 members (excludes halogenated alkanes) is 1. The first-order valence-electron chi connectivity index (χ1n) is 12.4.